The molecule has 0 fully saturated rings. The van der Waals surface area contributed by atoms with Crippen molar-refractivity contribution in [2.75, 3.05) is 0 Å². The molecule has 2 heteroatoms. The maximum absolute atomic E-state index is 6.38. The van der Waals surface area contributed by atoms with Crippen LogP contribution in [0.3, 0.4) is 0 Å². The second kappa shape index (κ2) is 6.34. The fraction of sp³-hybridized carbons (Fsp3) is 0.667. The second-order valence-electron chi connectivity index (χ2n) is 1.66. The smallest absolute Gasteiger partial charge is 0.0448 e. The Morgan fingerprint density at radius 2 is 2.38 bits per heavy atom. The molecule has 0 saturated carbocycles. The molecule has 0 saturated heterocycles. The monoisotopic (exact) mass is 112 g/mol. The third-order valence-corrected chi connectivity index (χ3v) is 0.904. The fourth-order valence-electron chi connectivity index (χ4n) is 0.449. The van der Waals surface area contributed by atoms with Crippen molar-refractivity contribution in [3.63, 3.8) is 0 Å². The molecular formula is C6H12N2. The lowest BCUT2D eigenvalue weighted by atomic mass is 10.2. The minimum absolute atomic E-state index is 1.05. The standard InChI is InChI=1S/C6H12N2/c1-2-3-4-5-6-8-7/h5-7H,2-4H2,1H3. The zero-order valence-electron chi connectivity index (χ0n) is 5.22. The molecule has 0 unspecified atom stereocenters. The van der Waals surface area contributed by atoms with Crippen LogP contribution in [0, 0.1) is 5.53 Å². The van der Waals surface area contributed by atoms with Gasteiger partial charge in [0.1, 0.15) is 0 Å². The van der Waals surface area contributed by atoms with Crippen molar-refractivity contribution < 1.29 is 0 Å². The molecule has 0 aromatic carbocycles. The second-order valence-corrected chi connectivity index (χ2v) is 1.66. The van der Waals surface area contributed by atoms with E-state index in [0.717, 1.165) is 6.42 Å². The lowest BCUT2D eigenvalue weighted by molar-refractivity contribution is 0.812. The molecule has 0 spiro atoms. The van der Waals surface area contributed by atoms with Crippen molar-refractivity contribution >= 4 is 0 Å². The summed E-state index contributed by atoms with van der Waals surface area (Å²) in [5, 5.41) is 3.08. The topological polar surface area (TPSA) is 36.2 Å². The van der Waals surface area contributed by atoms with E-state index in [2.05, 4.69) is 12.0 Å². The average molecular weight is 112 g/mol. The molecule has 2 nitrogen and oxygen atoms in total. The Labute approximate surface area is 50.1 Å². The fourth-order valence-corrected chi connectivity index (χ4v) is 0.449. The summed E-state index contributed by atoms with van der Waals surface area (Å²) >= 11 is 0. The largest absolute Gasteiger partial charge is 0.205 e. The van der Waals surface area contributed by atoms with Crippen LogP contribution >= 0.6 is 0 Å². The maximum atomic E-state index is 6.38. The van der Waals surface area contributed by atoms with Gasteiger partial charge in [-0.2, -0.15) is 5.11 Å². The molecule has 0 aliphatic heterocycles. The van der Waals surface area contributed by atoms with Crippen LogP contribution in [0.15, 0.2) is 17.4 Å². The molecule has 0 aromatic heterocycles. The molecular weight excluding hydrogens is 100 g/mol. The van der Waals surface area contributed by atoms with Crippen LogP contribution in [-0.2, 0) is 0 Å². The van der Waals surface area contributed by atoms with E-state index in [0.29, 0.717) is 0 Å². The van der Waals surface area contributed by atoms with Gasteiger partial charge in [0, 0.05) is 6.20 Å². The van der Waals surface area contributed by atoms with Crippen molar-refractivity contribution in [3.8, 4) is 0 Å². The zero-order valence-corrected chi connectivity index (χ0v) is 5.22. The van der Waals surface area contributed by atoms with Gasteiger partial charge >= 0.3 is 0 Å². The van der Waals surface area contributed by atoms with Crippen molar-refractivity contribution in [1.29, 1.82) is 5.53 Å². The summed E-state index contributed by atoms with van der Waals surface area (Å²) in [7, 11) is 0. The number of nitrogens with one attached hydrogen (secondary N) is 1. The lowest BCUT2D eigenvalue weighted by Crippen LogP contribution is -1.64. The minimum Gasteiger partial charge on any atom is -0.205 e. The highest BCUT2D eigenvalue weighted by atomic mass is 14.9. The molecule has 0 amide bonds. The molecule has 46 valence electrons. The van der Waals surface area contributed by atoms with Crippen molar-refractivity contribution in [3.05, 3.63) is 12.3 Å². The predicted octanol–water partition coefficient (Wildman–Crippen LogP) is 2.72. The van der Waals surface area contributed by atoms with Gasteiger partial charge in [0.25, 0.3) is 0 Å². The number of allylic oxidation sites excluding steroid dienone is 1. The summed E-state index contributed by atoms with van der Waals surface area (Å²) < 4.78 is 0. The molecule has 0 bridgehead atoms. The normalized spacial score (nSPS) is 10.1. The Bertz CT molecular complexity index is 76.6. The Morgan fingerprint density at radius 1 is 1.62 bits per heavy atom. The van der Waals surface area contributed by atoms with E-state index in [4.69, 9.17) is 5.53 Å². The van der Waals surface area contributed by atoms with Crippen LogP contribution in [0.1, 0.15) is 26.2 Å². The number of unbranched alkanes of at least 4 members (excludes halogenated alkanes) is 2. The van der Waals surface area contributed by atoms with Crippen molar-refractivity contribution in [2.24, 2.45) is 5.11 Å². The van der Waals surface area contributed by atoms with Crippen LogP contribution < -0.4 is 0 Å². The Hall–Kier alpha value is -0.660. The SMILES string of the molecule is CCCCC=CN=N. The molecule has 0 heterocycles. The van der Waals surface area contributed by atoms with E-state index in [1.807, 2.05) is 6.08 Å². The summed E-state index contributed by atoms with van der Waals surface area (Å²) in [5.74, 6) is 0. The van der Waals surface area contributed by atoms with Crippen LogP contribution in [0.2, 0.25) is 0 Å². The highest BCUT2D eigenvalue weighted by Gasteiger charge is 1.74. The van der Waals surface area contributed by atoms with Gasteiger partial charge in [0.2, 0.25) is 0 Å². The van der Waals surface area contributed by atoms with Crippen molar-refractivity contribution in [2.45, 2.75) is 26.2 Å². The average Bonchev–Trinajstić information content (AvgIpc) is 1.81. The highest BCUT2D eigenvalue weighted by molar-refractivity contribution is 4.76. The van der Waals surface area contributed by atoms with Gasteiger partial charge in [-0.25, -0.2) is 5.53 Å². The molecule has 0 rings (SSSR count). The Balaban J connectivity index is 2.91. The van der Waals surface area contributed by atoms with Gasteiger partial charge in [0.05, 0.1) is 0 Å². The quantitative estimate of drug-likeness (QED) is 0.429. The first-order chi connectivity index (χ1) is 3.91. The predicted molar refractivity (Wildman–Crippen MR) is 33.8 cm³/mol. The van der Waals surface area contributed by atoms with E-state index in [9.17, 15) is 0 Å². The third-order valence-electron chi connectivity index (χ3n) is 0.904. The van der Waals surface area contributed by atoms with Gasteiger partial charge in [-0.3, -0.25) is 0 Å². The molecule has 0 aliphatic carbocycles. The first-order valence-electron chi connectivity index (χ1n) is 2.93. The summed E-state index contributed by atoms with van der Waals surface area (Å²) in [6, 6.07) is 0. The van der Waals surface area contributed by atoms with E-state index in [1.54, 1.807) is 0 Å². The molecule has 1 N–H and O–H groups in total. The van der Waals surface area contributed by atoms with Gasteiger partial charge in [-0.15, -0.1) is 0 Å². The number of nitrogens with zero attached hydrogens (tertiary/aromatic N) is 1. The summed E-state index contributed by atoms with van der Waals surface area (Å²) in [6.07, 6.45) is 6.90. The minimum atomic E-state index is 1.05. The summed E-state index contributed by atoms with van der Waals surface area (Å²) in [6.45, 7) is 2.14. The zero-order chi connectivity index (χ0) is 6.24. The van der Waals surface area contributed by atoms with E-state index >= 15 is 0 Å². The van der Waals surface area contributed by atoms with E-state index in [-0.39, 0.29) is 0 Å². The van der Waals surface area contributed by atoms with Crippen LogP contribution in [-0.4, -0.2) is 0 Å². The van der Waals surface area contributed by atoms with Crippen LogP contribution in [0.25, 0.3) is 0 Å². The number of hydrogen-bond donors (Lipinski definition) is 1. The summed E-state index contributed by atoms with van der Waals surface area (Å²) in [4.78, 5) is 0. The molecule has 0 aromatic rings. The maximum Gasteiger partial charge on any atom is 0.0448 e. The van der Waals surface area contributed by atoms with Gasteiger partial charge in [-0.05, 0) is 6.42 Å². The van der Waals surface area contributed by atoms with Crippen LogP contribution in [0.4, 0.5) is 0 Å². The van der Waals surface area contributed by atoms with Gasteiger partial charge in [0.15, 0.2) is 0 Å². The summed E-state index contributed by atoms with van der Waals surface area (Å²) in [5.41, 5.74) is 6.38. The van der Waals surface area contributed by atoms with Gasteiger partial charge in [-0.1, -0.05) is 25.8 Å². The molecule has 0 atom stereocenters. The Kier molecular flexibility index (Phi) is 5.82. The molecule has 8 heavy (non-hydrogen) atoms. The highest BCUT2D eigenvalue weighted by Crippen LogP contribution is 1.93. The lowest BCUT2D eigenvalue weighted by Gasteiger charge is -1.83. The van der Waals surface area contributed by atoms with E-state index < -0.39 is 0 Å². The first kappa shape index (κ1) is 7.34. The van der Waals surface area contributed by atoms with E-state index in [1.165, 1.54) is 19.0 Å². The molecule has 0 aliphatic rings. The number of hydrogen-bond acceptors (Lipinski definition) is 2. The third kappa shape index (κ3) is 5.34. The van der Waals surface area contributed by atoms with Gasteiger partial charge < -0.3 is 0 Å². The first-order valence-corrected chi connectivity index (χ1v) is 2.93. The van der Waals surface area contributed by atoms with Crippen molar-refractivity contribution in [1.82, 2.24) is 0 Å². The molecule has 0 radical (unpaired) electrons. The number of rotatable bonds is 4. The Morgan fingerprint density at radius 3 is 2.88 bits per heavy atom. The van der Waals surface area contributed by atoms with Crippen LogP contribution in [0.5, 0.6) is 0 Å².